The van der Waals surface area contributed by atoms with E-state index in [9.17, 15) is 4.79 Å². The van der Waals surface area contributed by atoms with E-state index in [1.165, 1.54) is 0 Å². The van der Waals surface area contributed by atoms with Crippen molar-refractivity contribution in [1.82, 2.24) is 0 Å². The largest absolute Gasteiger partial charge is 0.481 e. The van der Waals surface area contributed by atoms with Crippen LogP contribution in [-0.4, -0.2) is 22.6 Å². The van der Waals surface area contributed by atoms with Crippen LogP contribution in [0.4, 0.5) is 0 Å². The number of hydrogen-bond acceptors (Lipinski definition) is 2. The molecular formula is C15H16O2S. The lowest BCUT2D eigenvalue weighted by atomic mass is 10.1. The van der Waals surface area contributed by atoms with E-state index in [0.717, 1.165) is 29.9 Å². The third-order valence-electron chi connectivity index (χ3n) is 3.07. The molecule has 0 spiro atoms. The van der Waals surface area contributed by atoms with Gasteiger partial charge in [0.2, 0.25) is 0 Å². The monoisotopic (exact) mass is 260 g/mol. The van der Waals surface area contributed by atoms with E-state index in [4.69, 9.17) is 5.11 Å². The Balaban J connectivity index is 1.71. The zero-order valence-corrected chi connectivity index (χ0v) is 11.0. The maximum absolute atomic E-state index is 10.7. The van der Waals surface area contributed by atoms with Crippen LogP contribution in [0.2, 0.25) is 0 Å². The molecule has 1 aliphatic rings. The molecule has 1 N–H and O–H groups in total. The Morgan fingerprint density at radius 2 is 2.06 bits per heavy atom. The number of aliphatic carboxylic acids is 1. The topological polar surface area (TPSA) is 37.3 Å². The first-order valence-corrected chi connectivity index (χ1v) is 7.19. The summed E-state index contributed by atoms with van der Waals surface area (Å²) in [6.45, 7) is 0. The predicted molar refractivity (Wildman–Crippen MR) is 74.6 cm³/mol. The van der Waals surface area contributed by atoms with E-state index < -0.39 is 5.97 Å². The van der Waals surface area contributed by atoms with Gasteiger partial charge in [0.15, 0.2) is 0 Å². The molecule has 2 rings (SSSR count). The van der Waals surface area contributed by atoms with E-state index in [1.807, 2.05) is 30.3 Å². The molecule has 3 heteroatoms. The molecule has 0 heterocycles. The minimum absolute atomic E-state index is 0.0743. The molecular weight excluding hydrogens is 244 g/mol. The van der Waals surface area contributed by atoms with E-state index >= 15 is 0 Å². The van der Waals surface area contributed by atoms with Crippen LogP contribution in [-0.2, 0) is 4.79 Å². The average molecular weight is 260 g/mol. The zero-order valence-electron chi connectivity index (χ0n) is 10.2. The predicted octanol–water partition coefficient (Wildman–Crippen LogP) is 3.03. The smallest absolute Gasteiger partial charge is 0.303 e. The number of carbonyl (C=O) groups is 1. The number of thioether (sulfide) groups is 1. The molecule has 1 saturated carbocycles. The lowest BCUT2D eigenvalue weighted by Gasteiger charge is -2.09. The van der Waals surface area contributed by atoms with Gasteiger partial charge in [0, 0.05) is 11.3 Å². The molecule has 0 radical (unpaired) electrons. The van der Waals surface area contributed by atoms with Gasteiger partial charge in [-0.05, 0) is 30.4 Å². The first kappa shape index (κ1) is 13.0. The van der Waals surface area contributed by atoms with Crippen LogP contribution in [0.1, 0.15) is 24.8 Å². The average Bonchev–Trinajstić information content (AvgIpc) is 3.09. The second kappa shape index (κ2) is 5.97. The van der Waals surface area contributed by atoms with Crippen LogP contribution in [0.3, 0.4) is 0 Å². The number of carboxylic acid groups (broad SMARTS) is 1. The third-order valence-corrected chi connectivity index (χ3v) is 4.24. The second-order valence-corrected chi connectivity index (χ2v) is 5.72. The van der Waals surface area contributed by atoms with Gasteiger partial charge < -0.3 is 5.11 Å². The molecule has 94 valence electrons. The quantitative estimate of drug-likeness (QED) is 0.653. The maximum atomic E-state index is 10.7. The molecule has 0 aliphatic heterocycles. The van der Waals surface area contributed by atoms with Gasteiger partial charge in [-0.2, -0.15) is 0 Å². The van der Waals surface area contributed by atoms with Crippen molar-refractivity contribution >= 4 is 17.7 Å². The summed E-state index contributed by atoms with van der Waals surface area (Å²) in [6, 6.07) is 9.91. The Hall–Kier alpha value is -1.40. The fraction of sp³-hybridized carbons (Fsp3) is 0.400. The fourth-order valence-electron chi connectivity index (χ4n) is 1.85. The highest BCUT2D eigenvalue weighted by molar-refractivity contribution is 7.99. The van der Waals surface area contributed by atoms with Crippen molar-refractivity contribution in [3.63, 3.8) is 0 Å². The SMILES string of the molecule is O=C(O)CC1(CSCC#Cc2ccccc2)CC1. The van der Waals surface area contributed by atoms with Crippen molar-refractivity contribution in [3.05, 3.63) is 35.9 Å². The van der Waals surface area contributed by atoms with Gasteiger partial charge in [-0.3, -0.25) is 4.79 Å². The summed E-state index contributed by atoms with van der Waals surface area (Å²) in [5.74, 6) is 7.24. The van der Waals surface area contributed by atoms with Crippen LogP contribution in [0.25, 0.3) is 0 Å². The van der Waals surface area contributed by atoms with Gasteiger partial charge in [0.05, 0.1) is 12.2 Å². The van der Waals surface area contributed by atoms with Crippen LogP contribution < -0.4 is 0 Å². The van der Waals surface area contributed by atoms with E-state index in [2.05, 4.69) is 11.8 Å². The van der Waals surface area contributed by atoms with Gasteiger partial charge in [-0.15, -0.1) is 11.8 Å². The van der Waals surface area contributed by atoms with Crippen molar-refractivity contribution in [3.8, 4) is 11.8 Å². The molecule has 0 unspecified atom stereocenters. The summed E-state index contributed by atoms with van der Waals surface area (Å²) in [7, 11) is 0. The Morgan fingerprint density at radius 3 is 2.67 bits per heavy atom. The molecule has 0 aromatic heterocycles. The number of carboxylic acids is 1. The molecule has 1 aromatic carbocycles. The summed E-state index contributed by atoms with van der Waals surface area (Å²) < 4.78 is 0. The van der Waals surface area contributed by atoms with Crippen molar-refractivity contribution in [2.45, 2.75) is 19.3 Å². The Kier molecular flexibility index (Phi) is 4.33. The van der Waals surface area contributed by atoms with E-state index in [-0.39, 0.29) is 5.41 Å². The van der Waals surface area contributed by atoms with Gasteiger partial charge in [0.1, 0.15) is 0 Å². The van der Waals surface area contributed by atoms with E-state index in [0.29, 0.717) is 6.42 Å². The summed E-state index contributed by atoms with van der Waals surface area (Å²) >= 11 is 1.75. The van der Waals surface area contributed by atoms with Crippen LogP contribution in [0, 0.1) is 17.3 Å². The van der Waals surface area contributed by atoms with Crippen molar-refractivity contribution in [1.29, 1.82) is 0 Å². The highest BCUT2D eigenvalue weighted by atomic mass is 32.2. The standard InChI is InChI=1S/C15H16O2S/c16-14(17)11-15(8-9-15)12-18-10-4-7-13-5-2-1-3-6-13/h1-3,5-6H,8-12H2,(H,16,17). The summed E-state index contributed by atoms with van der Waals surface area (Å²) in [5, 5.41) is 8.80. The third kappa shape index (κ3) is 4.12. The van der Waals surface area contributed by atoms with Crippen molar-refractivity contribution < 1.29 is 9.90 Å². The molecule has 0 bridgehead atoms. The fourth-order valence-corrected chi connectivity index (χ4v) is 2.95. The molecule has 0 saturated heterocycles. The number of hydrogen-bond donors (Lipinski definition) is 1. The summed E-state index contributed by atoms with van der Waals surface area (Å²) in [5.41, 5.74) is 1.11. The lowest BCUT2D eigenvalue weighted by Crippen LogP contribution is -2.11. The first-order valence-electron chi connectivity index (χ1n) is 6.04. The van der Waals surface area contributed by atoms with Gasteiger partial charge in [-0.25, -0.2) is 0 Å². The first-order chi connectivity index (χ1) is 8.70. The minimum Gasteiger partial charge on any atom is -0.481 e. The Labute approximate surface area is 112 Å². The second-order valence-electron chi connectivity index (χ2n) is 4.73. The normalized spacial score (nSPS) is 15.6. The number of benzene rings is 1. The Bertz CT molecular complexity index is 466. The van der Waals surface area contributed by atoms with Crippen molar-refractivity contribution in [2.75, 3.05) is 11.5 Å². The zero-order chi connectivity index (χ0) is 12.8. The molecule has 1 aliphatic carbocycles. The van der Waals surface area contributed by atoms with Gasteiger partial charge in [-0.1, -0.05) is 30.0 Å². The van der Waals surface area contributed by atoms with Gasteiger partial charge >= 0.3 is 5.97 Å². The van der Waals surface area contributed by atoms with Gasteiger partial charge in [0.25, 0.3) is 0 Å². The van der Waals surface area contributed by atoms with Crippen LogP contribution >= 0.6 is 11.8 Å². The summed E-state index contributed by atoms with van der Waals surface area (Å²) in [6.07, 6.45) is 2.42. The minimum atomic E-state index is -0.677. The number of rotatable bonds is 5. The van der Waals surface area contributed by atoms with Crippen molar-refractivity contribution in [2.24, 2.45) is 5.41 Å². The van der Waals surface area contributed by atoms with Crippen LogP contribution in [0.15, 0.2) is 30.3 Å². The highest BCUT2D eigenvalue weighted by Gasteiger charge is 2.43. The Morgan fingerprint density at radius 1 is 1.33 bits per heavy atom. The molecule has 18 heavy (non-hydrogen) atoms. The summed E-state index contributed by atoms with van der Waals surface area (Å²) in [4.78, 5) is 10.7. The lowest BCUT2D eigenvalue weighted by molar-refractivity contribution is -0.138. The van der Waals surface area contributed by atoms with E-state index in [1.54, 1.807) is 11.8 Å². The molecule has 1 fully saturated rings. The molecule has 0 amide bonds. The maximum Gasteiger partial charge on any atom is 0.303 e. The molecule has 2 nitrogen and oxygen atoms in total. The molecule has 0 atom stereocenters. The molecule has 1 aromatic rings. The van der Waals surface area contributed by atoms with Crippen LogP contribution in [0.5, 0.6) is 0 Å². The highest BCUT2D eigenvalue weighted by Crippen LogP contribution is 2.50.